The Kier molecular flexibility index (Phi) is 19.1. The van der Waals surface area contributed by atoms with Gasteiger partial charge < -0.3 is 44.8 Å². The highest BCUT2D eigenvalue weighted by molar-refractivity contribution is 7.89. The quantitative estimate of drug-likeness (QED) is 0.0247. The van der Waals surface area contributed by atoms with Crippen LogP contribution in [0, 0.1) is 5.53 Å². The molecule has 1 unspecified atom stereocenters. The molecule has 71 heavy (non-hydrogen) atoms. The van der Waals surface area contributed by atoms with E-state index in [0.717, 1.165) is 5.56 Å². The molecule has 0 aliphatic rings. The lowest BCUT2D eigenvalue weighted by molar-refractivity contribution is -0.138. The molecule has 0 radical (unpaired) electrons. The number of aromatic nitrogens is 4. The van der Waals surface area contributed by atoms with E-state index in [1.165, 1.54) is 54.9 Å². The summed E-state index contributed by atoms with van der Waals surface area (Å²) in [5, 5.41) is 21.6. The summed E-state index contributed by atoms with van der Waals surface area (Å²) in [6.45, 7) is 2.37. The molecule has 8 N–H and O–H groups in total. The summed E-state index contributed by atoms with van der Waals surface area (Å²) in [5.41, 5.74) is 8.96. The van der Waals surface area contributed by atoms with Crippen molar-refractivity contribution in [2.45, 2.75) is 35.2 Å². The number of pyridine rings is 2. The minimum Gasteiger partial charge on any atom is -0.480 e. The van der Waals surface area contributed by atoms with Crippen molar-refractivity contribution in [3.63, 3.8) is 0 Å². The number of amides is 2. The molecule has 0 spiro atoms. The maximum absolute atomic E-state index is 13.3. The highest BCUT2D eigenvalue weighted by atomic mass is 32.2. The van der Waals surface area contributed by atoms with Gasteiger partial charge in [0.1, 0.15) is 11.6 Å². The number of carboxylic acid groups (broad SMARTS) is 1. The van der Waals surface area contributed by atoms with Crippen molar-refractivity contribution >= 4 is 60.5 Å². The van der Waals surface area contributed by atoms with Crippen LogP contribution in [0.5, 0.6) is 0 Å². The molecule has 376 valence electrons. The fourth-order valence-electron chi connectivity index (χ4n) is 6.80. The lowest BCUT2D eigenvalue weighted by Gasteiger charge is -2.16. The second-order valence-corrected chi connectivity index (χ2v) is 19.1. The molecule has 2 amide bonds. The van der Waals surface area contributed by atoms with E-state index in [4.69, 9.17) is 19.7 Å². The van der Waals surface area contributed by atoms with E-state index in [1.54, 1.807) is 60.4 Å². The predicted octanol–water partition coefficient (Wildman–Crippen LogP) is 3.30. The van der Waals surface area contributed by atoms with E-state index in [-0.39, 0.29) is 39.0 Å². The van der Waals surface area contributed by atoms with Crippen molar-refractivity contribution in [3.05, 3.63) is 131 Å². The number of aromatic amines is 1. The third-order valence-electron chi connectivity index (χ3n) is 10.6. The normalized spacial score (nSPS) is 12.1. The third-order valence-corrected chi connectivity index (χ3v) is 13.5. The van der Waals surface area contributed by atoms with Crippen LogP contribution in [0.3, 0.4) is 0 Å². The van der Waals surface area contributed by atoms with Gasteiger partial charge in [0.05, 0.1) is 47.3 Å². The molecular formula is C46H53N11O12S2. The molecule has 3 heterocycles. The number of nitrogens with zero attached hydrogens (tertiary/aromatic N) is 4. The molecule has 0 saturated carbocycles. The summed E-state index contributed by atoms with van der Waals surface area (Å²) in [4.78, 5) is 61.4. The summed E-state index contributed by atoms with van der Waals surface area (Å²) in [6.07, 6.45) is 6.98. The second kappa shape index (κ2) is 25.6. The van der Waals surface area contributed by atoms with Crippen LogP contribution in [0.25, 0.3) is 22.0 Å². The van der Waals surface area contributed by atoms with Crippen LogP contribution in [0.1, 0.15) is 39.1 Å². The van der Waals surface area contributed by atoms with Gasteiger partial charge in [0.25, 0.3) is 11.8 Å². The minimum absolute atomic E-state index is 0.0180. The van der Waals surface area contributed by atoms with E-state index in [9.17, 15) is 41.1 Å². The molecule has 3 aromatic carbocycles. The Morgan fingerprint density at radius 1 is 0.789 bits per heavy atom. The molecule has 0 fully saturated rings. The number of anilines is 1. The highest BCUT2D eigenvalue weighted by Gasteiger charge is 2.27. The van der Waals surface area contributed by atoms with Gasteiger partial charge in [-0.15, -0.1) is 5.11 Å². The smallest absolute Gasteiger partial charge is 0.323 e. The largest absolute Gasteiger partial charge is 0.480 e. The van der Waals surface area contributed by atoms with Gasteiger partial charge in [-0.05, 0) is 78.1 Å². The Balaban J connectivity index is 0.871. The van der Waals surface area contributed by atoms with Crippen LogP contribution >= 0.6 is 0 Å². The number of sulfonamides is 2. The van der Waals surface area contributed by atoms with Gasteiger partial charge in [0, 0.05) is 76.6 Å². The first-order chi connectivity index (χ1) is 34.1. The van der Waals surface area contributed by atoms with E-state index < -0.39 is 49.9 Å². The monoisotopic (exact) mass is 1020 g/mol. The summed E-state index contributed by atoms with van der Waals surface area (Å²) in [5.74, 6) is -1.94. The number of carboxylic acids is 1. The zero-order chi connectivity index (χ0) is 50.8. The predicted molar refractivity (Wildman–Crippen MR) is 259 cm³/mol. The summed E-state index contributed by atoms with van der Waals surface area (Å²) in [6, 6.07) is 17.8. The Morgan fingerprint density at radius 2 is 1.42 bits per heavy atom. The third kappa shape index (κ3) is 15.4. The molecule has 1 atom stereocenters. The first-order valence-electron chi connectivity index (χ1n) is 22.1. The number of aliphatic carboxylic acids is 1. The number of fused-ring (bicyclic) bond motifs is 1. The molecular weight excluding hydrogens is 963 g/mol. The van der Waals surface area contributed by atoms with Gasteiger partial charge in [-0.2, -0.15) is 4.72 Å². The van der Waals surface area contributed by atoms with E-state index in [0.29, 0.717) is 93.7 Å². The number of hydrogen-bond donors (Lipinski definition) is 8. The van der Waals surface area contributed by atoms with E-state index in [1.807, 2.05) is 0 Å². The van der Waals surface area contributed by atoms with E-state index in [2.05, 4.69) is 45.5 Å². The number of aryl methyl sites for hydroxylation is 1. The number of hydrogen-bond acceptors (Lipinski definition) is 16. The lowest BCUT2D eigenvalue weighted by Crippen LogP contribution is -2.48. The van der Waals surface area contributed by atoms with Gasteiger partial charge >= 0.3 is 5.97 Å². The van der Waals surface area contributed by atoms with Gasteiger partial charge in [0.15, 0.2) is 11.8 Å². The van der Waals surface area contributed by atoms with E-state index >= 15 is 0 Å². The molecule has 6 aromatic rings. The number of benzene rings is 3. The first kappa shape index (κ1) is 53.1. The first-order valence-corrected chi connectivity index (χ1v) is 25.1. The van der Waals surface area contributed by atoms with Gasteiger partial charge in [-0.25, -0.2) is 37.1 Å². The van der Waals surface area contributed by atoms with Crippen LogP contribution in [0.2, 0.25) is 0 Å². The van der Waals surface area contributed by atoms with Crippen LogP contribution in [-0.2, 0) is 52.6 Å². The number of carbonyl (C=O) groups excluding carboxylic acids is 2. The topological polar surface area (TPSA) is 327 Å². The number of carbonyl (C=O) groups is 3. The van der Waals surface area contributed by atoms with Crippen LogP contribution in [0.15, 0.2) is 123 Å². The van der Waals surface area contributed by atoms with Crippen molar-refractivity contribution in [3.8, 4) is 11.1 Å². The summed E-state index contributed by atoms with van der Waals surface area (Å²) < 4.78 is 75.1. The Bertz CT molecular complexity index is 3050. The van der Waals surface area contributed by atoms with Crippen molar-refractivity contribution in [2.75, 3.05) is 64.6 Å². The van der Waals surface area contributed by atoms with Crippen molar-refractivity contribution < 1.29 is 50.5 Å². The maximum atomic E-state index is 13.3. The number of imidazole rings is 1. The Hall–Kier alpha value is -7.26. The van der Waals surface area contributed by atoms with Crippen molar-refractivity contribution in [1.29, 1.82) is 5.53 Å². The highest BCUT2D eigenvalue weighted by Crippen LogP contribution is 2.24. The fourth-order valence-corrected chi connectivity index (χ4v) is 9.06. The number of H-pyrrole nitrogens is 1. The fraction of sp³-hybridized carbons (Fsp3) is 0.304. The standard InChI is InChI=1S/C46H53N11O12S2/c1-57-30-38(42(58)37-14-4-31(26-40(37)57)27-53-46-49-18-19-50-46)44(60)52-29-39(45(61)62)56-71(65,66)36-12-7-33(8-13-36)32-5-10-35(11-6-32)70(63,64)54-17-3-21-68-23-25-69-24-22-67-20-2-16-48-43(59)34-9-15-41(55-47)51-28-34/h4-15,18-19,26,28,30,39,47,54,56H,2-3,16-17,20-25,27,29H2,1H3,(H,48,59)(H,52,60)(H,61,62)(H2,49,50,53). The molecule has 23 nitrogen and oxygen atoms in total. The molecule has 0 saturated heterocycles. The molecule has 0 aliphatic carbocycles. The lowest BCUT2D eigenvalue weighted by atomic mass is 10.1. The van der Waals surface area contributed by atoms with Gasteiger partial charge in [0.2, 0.25) is 25.5 Å². The maximum Gasteiger partial charge on any atom is 0.323 e. The van der Waals surface area contributed by atoms with Gasteiger partial charge in [-0.3, -0.25) is 19.2 Å². The van der Waals surface area contributed by atoms with Crippen molar-refractivity contribution in [2.24, 2.45) is 12.2 Å². The molecule has 0 aliphatic heterocycles. The number of rotatable bonds is 29. The van der Waals surface area contributed by atoms with Crippen LogP contribution < -0.4 is 30.8 Å². The van der Waals surface area contributed by atoms with Crippen molar-refractivity contribution in [1.82, 2.24) is 39.6 Å². The Labute approximate surface area is 408 Å². The zero-order valence-electron chi connectivity index (χ0n) is 38.4. The summed E-state index contributed by atoms with van der Waals surface area (Å²) in [7, 11) is -6.62. The molecule has 25 heteroatoms. The SMILES string of the molecule is Cn1cc(C(=O)NCC(NS(=O)(=O)c2ccc(-c3ccc(S(=O)(=O)NCCCOCCOCCOCCCNC(=O)c4ccc(N=N)nc4)cc3)cc2)C(=O)O)c(=O)c2ccc(CNc3ncc[nH]3)cc21. The van der Waals surface area contributed by atoms with Crippen LogP contribution in [0.4, 0.5) is 11.8 Å². The molecule has 6 rings (SSSR count). The molecule has 3 aromatic heterocycles. The average molecular weight is 1020 g/mol. The molecule has 0 bridgehead atoms. The zero-order valence-corrected chi connectivity index (χ0v) is 40.1. The minimum atomic E-state index is -4.42. The second-order valence-electron chi connectivity index (χ2n) is 15.6. The Morgan fingerprint density at radius 3 is 2.01 bits per heavy atom. The summed E-state index contributed by atoms with van der Waals surface area (Å²) >= 11 is 0. The van der Waals surface area contributed by atoms with Gasteiger partial charge in [-0.1, -0.05) is 30.3 Å². The average Bonchev–Trinajstić information content (AvgIpc) is 3.90. The number of ether oxygens (including phenoxy) is 3. The van der Waals surface area contributed by atoms with Crippen LogP contribution in [-0.4, -0.2) is 125 Å². The number of nitrogens with one attached hydrogen (secondary N) is 7.